The van der Waals surface area contributed by atoms with Gasteiger partial charge in [-0.25, -0.2) is 0 Å². The van der Waals surface area contributed by atoms with Gasteiger partial charge in [0, 0.05) is 30.3 Å². The molecule has 0 aromatic carbocycles. The van der Waals surface area contributed by atoms with Crippen LogP contribution in [-0.2, 0) is 7.05 Å². The van der Waals surface area contributed by atoms with Gasteiger partial charge in [0.25, 0.3) is 5.91 Å². The number of carbonyl (C=O) groups excluding carboxylic acids is 1. The normalized spacial score (nSPS) is 16.8. The lowest BCUT2D eigenvalue weighted by Gasteiger charge is -2.33. The summed E-state index contributed by atoms with van der Waals surface area (Å²) >= 11 is 3.43. The quantitative estimate of drug-likeness (QED) is 0.837. The van der Waals surface area contributed by atoms with Crippen LogP contribution < -0.4 is 0 Å². The van der Waals surface area contributed by atoms with E-state index in [0.717, 1.165) is 29.6 Å². The Bertz CT molecular complexity index is 421. The number of halogens is 1. The molecule has 18 heavy (non-hydrogen) atoms. The molecule has 1 amide bonds. The van der Waals surface area contributed by atoms with Crippen molar-refractivity contribution in [3.63, 3.8) is 0 Å². The number of aryl methyl sites for hydroxylation is 1. The van der Waals surface area contributed by atoms with Crippen LogP contribution in [0.1, 0.15) is 49.5 Å². The zero-order chi connectivity index (χ0) is 13.1. The highest BCUT2D eigenvalue weighted by Gasteiger charge is 2.26. The Morgan fingerprint density at radius 2 is 2.11 bits per heavy atom. The van der Waals surface area contributed by atoms with Crippen LogP contribution in [0.15, 0.2) is 16.7 Å². The van der Waals surface area contributed by atoms with Crippen molar-refractivity contribution in [1.29, 1.82) is 0 Å². The molecule has 1 heterocycles. The number of nitrogens with zero attached hydrogens (tertiary/aromatic N) is 2. The molecule has 1 aliphatic carbocycles. The van der Waals surface area contributed by atoms with Crippen molar-refractivity contribution in [2.24, 2.45) is 7.05 Å². The Labute approximate surface area is 117 Å². The van der Waals surface area contributed by atoms with E-state index in [1.165, 1.54) is 19.3 Å². The Kier molecular flexibility index (Phi) is 4.49. The van der Waals surface area contributed by atoms with E-state index >= 15 is 0 Å². The van der Waals surface area contributed by atoms with Crippen LogP contribution in [0, 0.1) is 0 Å². The van der Waals surface area contributed by atoms with Crippen LogP contribution >= 0.6 is 15.9 Å². The molecule has 4 heteroatoms. The topological polar surface area (TPSA) is 25.2 Å². The minimum atomic E-state index is 0.164. The summed E-state index contributed by atoms with van der Waals surface area (Å²) < 4.78 is 2.87. The highest BCUT2D eigenvalue weighted by Crippen LogP contribution is 2.24. The number of hydrogen-bond donors (Lipinski definition) is 0. The molecule has 0 atom stereocenters. The molecule has 1 saturated carbocycles. The number of hydrogen-bond acceptors (Lipinski definition) is 1. The fourth-order valence-electron chi connectivity index (χ4n) is 2.84. The van der Waals surface area contributed by atoms with Gasteiger partial charge in [0.05, 0.1) is 0 Å². The van der Waals surface area contributed by atoms with Gasteiger partial charge in [-0.05, 0) is 41.8 Å². The van der Waals surface area contributed by atoms with E-state index < -0.39 is 0 Å². The summed E-state index contributed by atoms with van der Waals surface area (Å²) in [6.45, 7) is 2.87. The van der Waals surface area contributed by atoms with Crippen LogP contribution in [-0.4, -0.2) is 28.0 Å². The number of rotatable bonds is 3. The van der Waals surface area contributed by atoms with Gasteiger partial charge in [-0.3, -0.25) is 4.79 Å². The van der Waals surface area contributed by atoms with Gasteiger partial charge >= 0.3 is 0 Å². The molecule has 0 saturated heterocycles. The van der Waals surface area contributed by atoms with Gasteiger partial charge in [-0.1, -0.05) is 19.3 Å². The molecule has 0 spiro atoms. The van der Waals surface area contributed by atoms with Gasteiger partial charge in [0.15, 0.2) is 0 Å². The fraction of sp³-hybridized carbons (Fsp3) is 0.643. The maximum atomic E-state index is 12.6. The molecule has 0 N–H and O–H groups in total. The van der Waals surface area contributed by atoms with Crippen LogP contribution in [0.5, 0.6) is 0 Å². The summed E-state index contributed by atoms with van der Waals surface area (Å²) in [4.78, 5) is 14.6. The van der Waals surface area contributed by atoms with E-state index in [4.69, 9.17) is 0 Å². The summed E-state index contributed by atoms with van der Waals surface area (Å²) in [6.07, 6.45) is 8.08. The average molecular weight is 313 g/mol. The van der Waals surface area contributed by atoms with Gasteiger partial charge in [0.2, 0.25) is 0 Å². The third kappa shape index (κ3) is 2.79. The zero-order valence-corrected chi connectivity index (χ0v) is 12.7. The molecular weight excluding hydrogens is 292 g/mol. The third-order valence-corrected chi connectivity index (χ3v) is 4.24. The highest BCUT2D eigenvalue weighted by atomic mass is 79.9. The van der Waals surface area contributed by atoms with E-state index in [0.29, 0.717) is 6.04 Å². The van der Waals surface area contributed by atoms with Crippen LogP contribution in [0.2, 0.25) is 0 Å². The SMILES string of the molecule is CCN(C(=O)c1cc(Br)cn1C)C1CCCCC1. The van der Waals surface area contributed by atoms with Crippen molar-refractivity contribution in [2.45, 2.75) is 45.1 Å². The Balaban J connectivity index is 2.16. The Morgan fingerprint density at radius 3 is 2.61 bits per heavy atom. The first-order chi connectivity index (χ1) is 8.63. The maximum absolute atomic E-state index is 12.6. The van der Waals surface area contributed by atoms with Crippen molar-refractivity contribution in [3.8, 4) is 0 Å². The molecule has 0 unspecified atom stereocenters. The lowest BCUT2D eigenvalue weighted by molar-refractivity contribution is 0.0638. The summed E-state index contributed by atoms with van der Waals surface area (Å²) in [6, 6.07) is 2.35. The molecule has 1 aromatic rings. The van der Waals surface area contributed by atoms with E-state index in [1.54, 1.807) is 0 Å². The van der Waals surface area contributed by atoms with Crippen molar-refractivity contribution in [2.75, 3.05) is 6.54 Å². The molecule has 1 fully saturated rings. The summed E-state index contributed by atoms with van der Waals surface area (Å²) in [5.74, 6) is 0.164. The second-order valence-corrected chi connectivity index (χ2v) is 5.95. The fourth-order valence-corrected chi connectivity index (χ4v) is 3.37. The van der Waals surface area contributed by atoms with Crippen LogP contribution in [0.25, 0.3) is 0 Å². The molecule has 3 nitrogen and oxygen atoms in total. The predicted octanol–water partition coefficient (Wildman–Crippen LogP) is 3.58. The van der Waals surface area contributed by atoms with Gasteiger partial charge < -0.3 is 9.47 Å². The van der Waals surface area contributed by atoms with Crippen LogP contribution in [0.4, 0.5) is 0 Å². The summed E-state index contributed by atoms with van der Waals surface area (Å²) in [5.41, 5.74) is 0.772. The number of amides is 1. The predicted molar refractivity (Wildman–Crippen MR) is 76.7 cm³/mol. The van der Waals surface area contributed by atoms with Crippen molar-refractivity contribution in [3.05, 3.63) is 22.4 Å². The molecule has 100 valence electrons. The minimum Gasteiger partial charge on any atom is -0.345 e. The number of aromatic nitrogens is 1. The smallest absolute Gasteiger partial charge is 0.270 e. The zero-order valence-electron chi connectivity index (χ0n) is 11.2. The maximum Gasteiger partial charge on any atom is 0.270 e. The second kappa shape index (κ2) is 5.91. The molecule has 1 aromatic heterocycles. The lowest BCUT2D eigenvalue weighted by Crippen LogP contribution is -2.41. The monoisotopic (exact) mass is 312 g/mol. The average Bonchev–Trinajstić information content (AvgIpc) is 2.70. The van der Waals surface area contributed by atoms with E-state index in [9.17, 15) is 4.79 Å². The first-order valence-corrected chi connectivity index (χ1v) is 7.55. The van der Waals surface area contributed by atoms with Crippen molar-refractivity contribution >= 4 is 21.8 Å². The summed E-state index contributed by atoms with van der Waals surface area (Å²) in [5, 5.41) is 0. The summed E-state index contributed by atoms with van der Waals surface area (Å²) in [7, 11) is 1.92. The molecule has 2 rings (SSSR count). The van der Waals surface area contributed by atoms with Crippen LogP contribution in [0.3, 0.4) is 0 Å². The number of carbonyl (C=O) groups is 1. The van der Waals surface area contributed by atoms with Gasteiger partial charge in [-0.2, -0.15) is 0 Å². The molecule has 0 radical (unpaired) electrons. The molecular formula is C14H21BrN2O. The third-order valence-electron chi connectivity index (χ3n) is 3.81. The van der Waals surface area contributed by atoms with Crippen molar-refractivity contribution < 1.29 is 4.79 Å². The van der Waals surface area contributed by atoms with E-state index in [2.05, 4.69) is 22.9 Å². The first-order valence-electron chi connectivity index (χ1n) is 6.76. The van der Waals surface area contributed by atoms with Crippen molar-refractivity contribution in [1.82, 2.24) is 9.47 Å². The van der Waals surface area contributed by atoms with E-state index in [1.807, 2.05) is 28.8 Å². The van der Waals surface area contributed by atoms with Gasteiger partial charge in [-0.15, -0.1) is 0 Å². The second-order valence-electron chi connectivity index (χ2n) is 5.04. The molecule has 0 bridgehead atoms. The Hall–Kier alpha value is -0.770. The standard InChI is InChI=1S/C14H21BrN2O/c1-3-17(12-7-5-4-6-8-12)14(18)13-9-11(15)10-16(13)2/h9-10,12H,3-8H2,1-2H3. The Morgan fingerprint density at radius 1 is 1.44 bits per heavy atom. The lowest BCUT2D eigenvalue weighted by atomic mass is 9.94. The highest BCUT2D eigenvalue weighted by molar-refractivity contribution is 9.10. The van der Waals surface area contributed by atoms with E-state index in [-0.39, 0.29) is 5.91 Å². The van der Waals surface area contributed by atoms with Gasteiger partial charge in [0.1, 0.15) is 5.69 Å². The first kappa shape index (κ1) is 13.7. The molecule has 0 aliphatic heterocycles. The largest absolute Gasteiger partial charge is 0.345 e. The minimum absolute atomic E-state index is 0.164. The molecule has 1 aliphatic rings.